The van der Waals surface area contributed by atoms with Crippen molar-refractivity contribution in [2.75, 3.05) is 0 Å². The van der Waals surface area contributed by atoms with Crippen LogP contribution in [0.2, 0.25) is 0 Å². The van der Waals surface area contributed by atoms with Crippen molar-refractivity contribution in [2.24, 2.45) is 0 Å². The van der Waals surface area contributed by atoms with E-state index in [1.165, 1.54) is 32.3 Å². The monoisotopic (exact) mass is 748 g/mol. The number of phosphoric ester groups is 1. The van der Waals surface area contributed by atoms with Gasteiger partial charge in [-0.25, -0.2) is 4.57 Å². The summed E-state index contributed by atoms with van der Waals surface area (Å²) in [5.41, 5.74) is 4.74. The Balaban J connectivity index is 1.19. The average molecular weight is 749 g/mol. The Morgan fingerprint density at radius 3 is 1.12 bits per heavy atom. The standard InChI is InChI=1S/C52H29O4P/c53-57(54)55-51-43(39-23-19-33-17-15-29-9-5-11-31-21-25-41(39)47(33)45(29)31)27-35-7-1-3-13-37(35)49(51)50-38-14-4-2-8-36(38)28-44(52(50)56-57)40-24-20-34-18-16-30-10-6-12-32-22-26-42(40)48(34)46(30)32/h1-28H,(H,53,54). The van der Waals surface area contributed by atoms with Crippen LogP contribution >= 0.6 is 7.82 Å². The van der Waals surface area contributed by atoms with Crippen molar-refractivity contribution in [3.63, 3.8) is 0 Å². The molecule has 0 radical (unpaired) electrons. The van der Waals surface area contributed by atoms with E-state index in [1.54, 1.807) is 0 Å². The number of benzene rings is 12. The van der Waals surface area contributed by atoms with Crippen LogP contribution in [0.3, 0.4) is 0 Å². The zero-order chi connectivity index (χ0) is 37.6. The molecule has 0 aliphatic carbocycles. The number of phosphoric acid groups is 1. The van der Waals surface area contributed by atoms with Crippen molar-refractivity contribution in [2.45, 2.75) is 0 Å². The fourth-order valence-corrected chi connectivity index (χ4v) is 10.8. The Bertz CT molecular complexity index is 3480. The quantitative estimate of drug-likeness (QED) is 0.141. The maximum absolute atomic E-state index is 14.6. The summed E-state index contributed by atoms with van der Waals surface area (Å²) in [7, 11) is -4.78. The summed E-state index contributed by atoms with van der Waals surface area (Å²) in [4.78, 5) is 11.9. The van der Waals surface area contributed by atoms with E-state index in [2.05, 4.69) is 146 Å². The molecule has 1 aliphatic heterocycles. The summed E-state index contributed by atoms with van der Waals surface area (Å²) in [5.74, 6) is 0.650. The van der Waals surface area contributed by atoms with Crippen LogP contribution in [0.5, 0.6) is 11.5 Å². The van der Waals surface area contributed by atoms with Crippen LogP contribution in [0, 0.1) is 0 Å². The minimum atomic E-state index is -4.78. The third-order valence-electron chi connectivity index (χ3n) is 12.3. The third kappa shape index (κ3) is 4.29. The van der Waals surface area contributed by atoms with Gasteiger partial charge in [-0.3, -0.25) is 4.89 Å². The van der Waals surface area contributed by atoms with Crippen molar-refractivity contribution in [1.29, 1.82) is 0 Å². The van der Waals surface area contributed by atoms with Crippen LogP contribution in [0.15, 0.2) is 170 Å². The summed E-state index contributed by atoms with van der Waals surface area (Å²) in [6, 6.07) is 59.3. The average Bonchev–Trinajstić information content (AvgIpc) is 3.37. The van der Waals surface area contributed by atoms with E-state index < -0.39 is 7.82 Å². The molecule has 1 heterocycles. The van der Waals surface area contributed by atoms with Crippen LogP contribution in [0.1, 0.15) is 0 Å². The normalized spacial score (nSPS) is 13.8. The first kappa shape index (κ1) is 31.3. The second-order valence-corrected chi connectivity index (χ2v) is 16.6. The lowest BCUT2D eigenvalue weighted by Gasteiger charge is -2.20. The summed E-state index contributed by atoms with van der Waals surface area (Å²) >= 11 is 0. The van der Waals surface area contributed by atoms with Gasteiger partial charge in [-0.1, -0.05) is 158 Å². The minimum absolute atomic E-state index is 0.325. The SMILES string of the molecule is O=P1(O)Oc2c(-c3ccc4ccc5cccc6ccc3c4c56)cc3ccccc3c2-c2c(c(-c3ccc4ccc5cccc6ccc3c4c56)cc3ccccc23)O1. The first-order valence-electron chi connectivity index (χ1n) is 19.2. The molecule has 0 saturated heterocycles. The number of hydrogen-bond acceptors (Lipinski definition) is 3. The predicted octanol–water partition coefficient (Wildman–Crippen LogP) is 14.7. The van der Waals surface area contributed by atoms with Gasteiger partial charge in [0, 0.05) is 22.3 Å². The van der Waals surface area contributed by atoms with Crippen LogP contribution < -0.4 is 9.05 Å². The van der Waals surface area contributed by atoms with E-state index in [0.717, 1.165) is 87.2 Å². The molecule has 0 aromatic heterocycles. The zero-order valence-electron chi connectivity index (χ0n) is 30.3. The first-order chi connectivity index (χ1) is 28.0. The molecule has 57 heavy (non-hydrogen) atoms. The van der Waals surface area contributed by atoms with E-state index in [4.69, 9.17) is 9.05 Å². The molecular formula is C52H29O4P. The molecule has 0 bridgehead atoms. The highest BCUT2D eigenvalue weighted by Crippen LogP contribution is 2.62. The number of hydrogen-bond donors (Lipinski definition) is 1. The number of rotatable bonds is 2. The van der Waals surface area contributed by atoms with Crippen LogP contribution in [0.25, 0.3) is 120 Å². The van der Waals surface area contributed by atoms with Crippen molar-refractivity contribution in [3.8, 4) is 44.9 Å². The van der Waals surface area contributed by atoms with Gasteiger partial charge in [-0.15, -0.1) is 0 Å². The molecule has 0 unspecified atom stereocenters. The molecule has 0 fully saturated rings. The molecule has 0 saturated carbocycles. The molecule has 5 heteroatoms. The predicted molar refractivity (Wildman–Crippen MR) is 236 cm³/mol. The summed E-state index contributed by atoms with van der Waals surface area (Å²) < 4.78 is 27.4. The van der Waals surface area contributed by atoms with Gasteiger partial charge >= 0.3 is 7.82 Å². The minimum Gasteiger partial charge on any atom is -0.394 e. The van der Waals surface area contributed by atoms with E-state index in [-0.39, 0.29) is 0 Å². The highest BCUT2D eigenvalue weighted by atomic mass is 31.2. The maximum atomic E-state index is 14.6. The van der Waals surface area contributed by atoms with Crippen LogP contribution in [0.4, 0.5) is 0 Å². The third-order valence-corrected chi connectivity index (χ3v) is 13.1. The van der Waals surface area contributed by atoms with Gasteiger partial charge < -0.3 is 9.05 Å². The van der Waals surface area contributed by atoms with Crippen LogP contribution in [-0.4, -0.2) is 4.89 Å². The second kappa shape index (κ2) is 11.1. The maximum Gasteiger partial charge on any atom is 0.584 e. The molecule has 0 atom stereocenters. The van der Waals surface area contributed by atoms with Crippen molar-refractivity contribution in [3.05, 3.63) is 170 Å². The lowest BCUT2D eigenvalue weighted by Crippen LogP contribution is -2.00. The van der Waals surface area contributed by atoms with Gasteiger partial charge in [0.2, 0.25) is 0 Å². The van der Waals surface area contributed by atoms with Gasteiger partial charge in [0.15, 0.2) is 0 Å². The molecule has 12 aromatic rings. The summed E-state index contributed by atoms with van der Waals surface area (Å²) in [6.07, 6.45) is 0. The highest BCUT2D eigenvalue weighted by molar-refractivity contribution is 7.48. The number of fused-ring (bicyclic) bond motifs is 7. The Kier molecular flexibility index (Phi) is 6.08. The molecule has 1 N–H and O–H groups in total. The molecule has 266 valence electrons. The molecule has 4 nitrogen and oxygen atoms in total. The topological polar surface area (TPSA) is 55.8 Å². The molecular weight excluding hydrogens is 720 g/mol. The van der Waals surface area contributed by atoms with E-state index >= 15 is 0 Å². The Morgan fingerprint density at radius 2 is 0.684 bits per heavy atom. The van der Waals surface area contributed by atoms with Gasteiger partial charge in [0.1, 0.15) is 11.5 Å². The van der Waals surface area contributed by atoms with Gasteiger partial charge in [-0.05, 0) is 109 Å². The molecule has 1 aliphatic rings. The Labute approximate surface area is 326 Å². The van der Waals surface area contributed by atoms with Gasteiger partial charge in [0.05, 0.1) is 0 Å². The smallest absolute Gasteiger partial charge is 0.394 e. The van der Waals surface area contributed by atoms with Crippen LogP contribution in [-0.2, 0) is 4.57 Å². The van der Waals surface area contributed by atoms with E-state index in [9.17, 15) is 9.46 Å². The molecule has 13 rings (SSSR count). The first-order valence-corrected chi connectivity index (χ1v) is 20.7. The second-order valence-electron chi connectivity index (χ2n) is 15.3. The highest BCUT2D eigenvalue weighted by Gasteiger charge is 2.38. The Hall–Kier alpha value is -6.97. The van der Waals surface area contributed by atoms with Gasteiger partial charge in [-0.2, -0.15) is 0 Å². The fourth-order valence-electron chi connectivity index (χ4n) is 9.93. The van der Waals surface area contributed by atoms with Crippen molar-refractivity contribution in [1.82, 2.24) is 0 Å². The van der Waals surface area contributed by atoms with Gasteiger partial charge in [0.25, 0.3) is 0 Å². The largest absolute Gasteiger partial charge is 0.584 e. The summed E-state index contributed by atoms with van der Waals surface area (Å²) in [5, 5.41) is 17.5. The Morgan fingerprint density at radius 1 is 0.333 bits per heavy atom. The lowest BCUT2D eigenvalue weighted by atomic mass is 9.84. The van der Waals surface area contributed by atoms with Crippen molar-refractivity contribution < 1.29 is 18.5 Å². The fraction of sp³-hybridized carbons (Fsp3) is 0. The van der Waals surface area contributed by atoms with Crippen molar-refractivity contribution >= 4 is 94.0 Å². The molecule has 0 amide bonds. The van der Waals surface area contributed by atoms with E-state index in [0.29, 0.717) is 11.5 Å². The van der Waals surface area contributed by atoms with E-state index in [1.807, 2.05) is 24.3 Å². The lowest BCUT2D eigenvalue weighted by molar-refractivity contribution is 0.295. The molecule has 0 spiro atoms. The zero-order valence-corrected chi connectivity index (χ0v) is 31.2. The summed E-state index contributed by atoms with van der Waals surface area (Å²) in [6.45, 7) is 0. The molecule has 12 aromatic carbocycles.